The molecule has 0 saturated carbocycles. The zero-order valence-electron chi connectivity index (χ0n) is 30.3. The number of hydrogen-bond acceptors (Lipinski definition) is 2. The van der Waals surface area contributed by atoms with Gasteiger partial charge in [0.2, 0.25) is 5.89 Å². The van der Waals surface area contributed by atoms with E-state index in [-0.39, 0.29) is 5.92 Å². The molecule has 0 fully saturated rings. The summed E-state index contributed by atoms with van der Waals surface area (Å²) in [6.45, 7) is 4.63. The van der Waals surface area contributed by atoms with Crippen molar-refractivity contribution in [2.75, 3.05) is 0 Å². The van der Waals surface area contributed by atoms with E-state index in [0.29, 0.717) is 5.89 Å². The maximum absolute atomic E-state index is 6.37. The summed E-state index contributed by atoms with van der Waals surface area (Å²) in [6, 6.07) is 67.0. The minimum Gasteiger partial charge on any atom is -0.435 e. The zero-order valence-corrected chi connectivity index (χ0v) is 30.3. The van der Waals surface area contributed by atoms with E-state index in [2.05, 4.69) is 164 Å². The Morgan fingerprint density at radius 3 is 1.96 bits per heavy atom. The van der Waals surface area contributed by atoms with Crippen molar-refractivity contribution in [3.8, 4) is 44.8 Å². The second kappa shape index (κ2) is 13.7. The van der Waals surface area contributed by atoms with Gasteiger partial charge in [0.15, 0.2) is 5.58 Å². The Balaban J connectivity index is 1.04. The minimum atomic E-state index is 0.166. The van der Waals surface area contributed by atoms with Gasteiger partial charge in [-0.25, -0.2) is 4.98 Å². The van der Waals surface area contributed by atoms with Crippen molar-refractivity contribution >= 4 is 33.5 Å². The third kappa shape index (κ3) is 5.99. The van der Waals surface area contributed by atoms with Crippen molar-refractivity contribution in [2.45, 2.75) is 12.3 Å². The number of rotatable bonds is 6. The number of oxazole rings is 1. The number of aromatic nitrogens is 1. The van der Waals surface area contributed by atoms with Gasteiger partial charge in [0.25, 0.3) is 0 Å². The molecule has 1 heterocycles. The van der Waals surface area contributed by atoms with E-state index in [4.69, 9.17) is 9.40 Å². The topological polar surface area (TPSA) is 26.0 Å². The van der Waals surface area contributed by atoms with Crippen LogP contribution in [0.4, 0.5) is 0 Å². The third-order valence-corrected chi connectivity index (χ3v) is 11.0. The highest BCUT2D eigenvalue weighted by molar-refractivity contribution is 6.04. The molecular weight excluding hydrogens is 667 g/mol. The molecule has 0 spiro atoms. The monoisotopic (exact) mass is 703 g/mol. The van der Waals surface area contributed by atoms with E-state index < -0.39 is 0 Å². The molecule has 0 aliphatic heterocycles. The first kappa shape index (κ1) is 32.6. The molecule has 2 heteroatoms. The average molecular weight is 704 g/mol. The number of nitrogens with zero attached hydrogens (tertiary/aromatic N) is 1. The lowest BCUT2D eigenvalue weighted by molar-refractivity contribution is 0.621. The highest BCUT2D eigenvalue weighted by atomic mass is 16.3. The zero-order chi connectivity index (χ0) is 36.7. The molecule has 10 rings (SSSR count). The molecule has 1 aliphatic carbocycles. The van der Waals surface area contributed by atoms with Crippen LogP contribution in [-0.4, -0.2) is 4.98 Å². The molecule has 0 bridgehead atoms. The lowest BCUT2D eigenvalue weighted by Crippen LogP contribution is -2.26. The van der Waals surface area contributed by atoms with Crippen LogP contribution in [-0.2, 0) is 0 Å². The van der Waals surface area contributed by atoms with Crippen LogP contribution >= 0.6 is 0 Å². The van der Waals surface area contributed by atoms with Crippen LogP contribution in [0.15, 0.2) is 205 Å². The maximum Gasteiger partial charge on any atom is 0.227 e. The summed E-state index contributed by atoms with van der Waals surface area (Å²) >= 11 is 0. The van der Waals surface area contributed by atoms with Gasteiger partial charge in [-0.15, -0.1) is 0 Å². The van der Waals surface area contributed by atoms with Crippen molar-refractivity contribution in [2.24, 2.45) is 0 Å². The van der Waals surface area contributed by atoms with Crippen LogP contribution in [0.2, 0.25) is 0 Å². The van der Waals surface area contributed by atoms with Crippen LogP contribution in [0.25, 0.3) is 78.4 Å². The van der Waals surface area contributed by atoms with Crippen LogP contribution < -0.4 is 10.4 Å². The summed E-state index contributed by atoms with van der Waals surface area (Å²) in [5.74, 6) is 0.798. The van der Waals surface area contributed by atoms with Crippen molar-refractivity contribution < 1.29 is 4.42 Å². The van der Waals surface area contributed by atoms with Gasteiger partial charge in [0.05, 0.1) is 0 Å². The molecule has 0 N–H and O–H groups in total. The average Bonchev–Trinajstić information content (AvgIpc) is 3.64. The maximum atomic E-state index is 6.37. The summed E-state index contributed by atoms with van der Waals surface area (Å²) in [4.78, 5) is 4.81. The van der Waals surface area contributed by atoms with E-state index in [1.807, 2.05) is 36.4 Å². The highest BCUT2D eigenvalue weighted by Gasteiger charge is 2.20. The van der Waals surface area contributed by atoms with Gasteiger partial charge in [-0.05, 0) is 90.3 Å². The highest BCUT2D eigenvalue weighted by Crippen LogP contribution is 2.41. The van der Waals surface area contributed by atoms with Gasteiger partial charge in [0, 0.05) is 17.0 Å². The Hall–Kier alpha value is -7.03. The number of para-hydroxylation sites is 1. The van der Waals surface area contributed by atoms with E-state index in [0.717, 1.165) is 39.8 Å². The molecule has 0 amide bonds. The number of benzene rings is 8. The van der Waals surface area contributed by atoms with Gasteiger partial charge in [-0.1, -0.05) is 188 Å². The van der Waals surface area contributed by atoms with Crippen molar-refractivity contribution in [1.29, 1.82) is 0 Å². The summed E-state index contributed by atoms with van der Waals surface area (Å²) in [5, 5.41) is 4.99. The fourth-order valence-corrected chi connectivity index (χ4v) is 8.27. The standard InChI is InChI=1S/C53H37NO/c1-35-33-49(44-19-10-9-18-43(44)34-48(35)36-13-4-2-5-14-36)40-27-29-41(30-28-40)51-45-20-11-8-15-37(45)31-32-46(51)38-23-25-39(26-24-38)47-21-12-22-50-52(47)55-53(54-50)42-16-6-3-7-17-42/h2-32,34,48H,1,33H2. The Morgan fingerprint density at radius 2 is 1.16 bits per heavy atom. The molecular formula is C53H37NO. The number of fused-ring (bicyclic) bond motifs is 3. The normalized spacial score (nSPS) is 14.1. The first-order valence-electron chi connectivity index (χ1n) is 18.9. The van der Waals surface area contributed by atoms with Gasteiger partial charge < -0.3 is 4.42 Å². The van der Waals surface area contributed by atoms with Gasteiger partial charge in [-0.2, -0.15) is 0 Å². The fourth-order valence-electron chi connectivity index (χ4n) is 8.27. The van der Waals surface area contributed by atoms with Crippen LogP contribution in [0.1, 0.15) is 23.5 Å². The van der Waals surface area contributed by atoms with Gasteiger partial charge >= 0.3 is 0 Å². The van der Waals surface area contributed by atoms with E-state index >= 15 is 0 Å². The van der Waals surface area contributed by atoms with Crippen LogP contribution in [0.3, 0.4) is 0 Å². The molecule has 55 heavy (non-hydrogen) atoms. The number of allylic oxidation sites excluding steroid dienone is 1. The van der Waals surface area contributed by atoms with Crippen molar-refractivity contribution in [3.05, 3.63) is 222 Å². The fraction of sp³-hybridized carbons (Fsp3) is 0.0377. The largest absolute Gasteiger partial charge is 0.435 e. The molecule has 0 saturated heterocycles. The summed E-state index contributed by atoms with van der Waals surface area (Å²) in [7, 11) is 0. The summed E-state index contributed by atoms with van der Waals surface area (Å²) in [6.07, 6.45) is 3.20. The smallest absolute Gasteiger partial charge is 0.227 e. The van der Waals surface area contributed by atoms with Crippen LogP contribution in [0, 0.1) is 0 Å². The molecule has 1 unspecified atom stereocenters. The lowest BCUT2D eigenvalue weighted by atomic mass is 9.86. The van der Waals surface area contributed by atoms with Crippen molar-refractivity contribution in [3.63, 3.8) is 0 Å². The van der Waals surface area contributed by atoms with Gasteiger partial charge in [0.1, 0.15) is 5.52 Å². The molecule has 1 atom stereocenters. The SMILES string of the molecule is C=C1CC(c2ccc(-c3c(-c4ccc(-c5cccc6nc(-c7ccccc7)oc56)cc4)ccc4ccccc34)cc2)=c2ccccc2=CC1c1ccccc1. The quantitative estimate of drug-likeness (QED) is 0.161. The predicted octanol–water partition coefficient (Wildman–Crippen LogP) is 12.4. The molecule has 0 radical (unpaired) electrons. The van der Waals surface area contributed by atoms with Crippen LogP contribution in [0.5, 0.6) is 0 Å². The Kier molecular flexibility index (Phi) is 8.15. The molecule has 9 aromatic rings. The molecule has 2 nitrogen and oxygen atoms in total. The van der Waals surface area contributed by atoms with Crippen molar-refractivity contribution in [1.82, 2.24) is 4.98 Å². The van der Waals surface area contributed by atoms with Gasteiger partial charge in [-0.3, -0.25) is 0 Å². The first-order chi connectivity index (χ1) is 27.2. The first-order valence-corrected chi connectivity index (χ1v) is 18.9. The molecule has 260 valence electrons. The molecule has 1 aromatic heterocycles. The van der Waals surface area contributed by atoms with E-state index in [9.17, 15) is 0 Å². The predicted molar refractivity (Wildman–Crippen MR) is 229 cm³/mol. The summed E-state index contributed by atoms with van der Waals surface area (Å²) < 4.78 is 6.37. The van der Waals surface area contributed by atoms with E-state index in [1.54, 1.807) is 0 Å². The summed E-state index contributed by atoms with van der Waals surface area (Å²) in [5.41, 5.74) is 14.5. The molecule has 1 aliphatic rings. The Bertz CT molecular complexity index is 2990. The third-order valence-electron chi connectivity index (χ3n) is 11.0. The number of hydrogen-bond donors (Lipinski definition) is 0. The molecule has 8 aromatic carbocycles. The second-order valence-corrected chi connectivity index (χ2v) is 14.4. The minimum absolute atomic E-state index is 0.166. The lowest BCUT2D eigenvalue weighted by Gasteiger charge is -2.18. The Labute approximate surface area is 320 Å². The Morgan fingerprint density at radius 1 is 0.509 bits per heavy atom. The van der Waals surface area contributed by atoms with E-state index in [1.165, 1.54) is 60.2 Å². The second-order valence-electron chi connectivity index (χ2n) is 14.4.